The number of amides is 6. The topological polar surface area (TPSA) is 198 Å². The van der Waals surface area contributed by atoms with E-state index in [1.807, 2.05) is 61.5 Å². The lowest BCUT2D eigenvalue weighted by Crippen LogP contribution is -2.60. The van der Waals surface area contributed by atoms with Crippen molar-refractivity contribution in [2.24, 2.45) is 29.1 Å². The van der Waals surface area contributed by atoms with Gasteiger partial charge in [-0.05, 0) is 68.1 Å². The minimum absolute atomic E-state index is 0.0179. The first kappa shape index (κ1) is 54.9. The predicted octanol–water partition coefficient (Wildman–Crippen LogP) is 5.89. The Balaban J connectivity index is 2.88. The zero-order valence-electron chi connectivity index (χ0n) is 41.0. The summed E-state index contributed by atoms with van der Waals surface area (Å²) in [6, 6.07) is -4.49. The largest absolute Gasteiger partial charge is 0.451 e. The second-order valence-corrected chi connectivity index (χ2v) is 20.6. The van der Waals surface area contributed by atoms with Crippen LogP contribution >= 0.6 is 0 Å². The van der Waals surface area contributed by atoms with E-state index in [1.165, 1.54) is 35.7 Å². The number of carbonyl (C=O) groups excluding carboxylic acids is 7. The Morgan fingerprint density at radius 3 is 1.78 bits per heavy atom. The zero-order valence-corrected chi connectivity index (χ0v) is 41.0. The molecule has 2 fully saturated rings. The van der Waals surface area contributed by atoms with Crippen LogP contribution in [-0.2, 0) is 38.3 Å². The maximum atomic E-state index is 14.9. The van der Waals surface area contributed by atoms with Crippen LogP contribution in [0.5, 0.6) is 0 Å². The Bertz CT molecular complexity index is 1580. The van der Waals surface area contributed by atoms with Gasteiger partial charge >= 0.3 is 5.97 Å². The second-order valence-electron chi connectivity index (χ2n) is 20.6. The van der Waals surface area contributed by atoms with Gasteiger partial charge in [-0.2, -0.15) is 5.26 Å². The molecule has 0 spiro atoms. The van der Waals surface area contributed by atoms with Crippen LogP contribution in [0.15, 0.2) is 0 Å². The molecular weight excluding hydrogens is 803 g/mol. The maximum Gasteiger partial charge on any atom is 0.329 e. The first-order valence-electron chi connectivity index (χ1n) is 23.7. The first-order valence-corrected chi connectivity index (χ1v) is 23.7. The molecule has 0 radical (unpaired) electrons. The van der Waals surface area contributed by atoms with E-state index in [4.69, 9.17) is 4.74 Å². The molecule has 1 saturated heterocycles. The van der Waals surface area contributed by atoms with Crippen molar-refractivity contribution in [1.82, 2.24) is 30.7 Å². The Morgan fingerprint density at radius 1 is 0.714 bits per heavy atom. The summed E-state index contributed by atoms with van der Waals surface area (Å²) in [6.07, 6.45) is 7.11. The molecule has 1 heterocycles. The van der Waals surface area contributed by atoms with Gasteiger partial charge in [-0.15, -0.1) is 0 Å². The highest BCUT2D eigenvalue weighted by molar-refractivity contribution is 5.97. The SMILES string of the molecule is CCCC[C@@H](C)CC1NC(=O)[C@H](CC2CCCCC2)N(C)C(=O)[C@H](CC(C)(C)C)NC(=O)[C@H](CC(C)C)N(C)C(=O)C(CC(C)C)NC(=O)[C@@H](CCC#N)OC(=O)[C@H](C)N(C)C1=O. The third kappa shape index (κ3) is 17.7. The molecular formula is C48H83N7O8. The van der Waals surface area contributed by atoms with Crippen molar-refractivity contribution in [3.63, 3.8) is 0 Å². The van der Waals surface area contributed by atoms with E-state index in [1.54, 1.807) is 7.05 Å². The lowest BCUT2D eigenvalue weighted by molar-refractivity contribution is -0.163. The lowest BCUT2D eigenvalue weighted by Gasteiger charge is -2.37. The maximum absolute atomic E-state index is 14.9. The third-order valence-corrected chi connectivity index (χ3v) is 12.6. The molecule has 2 aliphatic rings. The number of hydrogen-bond acceptors (Lipinski definition) is 9. The highest BCUT2D eigenvalue weighted by Crippen LogP contribution is 2.30. The van der Waals surface area contributed by atoms with Crippen molar-refractivity contribution >= 4 is 41.4 Å². The summed E-state index contributed by atoms with van der Waals surface area (Å²) in [7, 11) is 4.53. The number of rotatable bonds is 14. The van der Waals surface area contributed by atoms with E-state index < -0.39 is 89.2 Å². The quantitative estimate of drug-likeness (QED) is 0.178. The van der Waals surface area contributed by atoms with Crippen LogP contribution in [0.2, 0.25) is 0 Å². The summed E-state index contributed by atoms with van der Waals surface area (Å²) < 4.78 is 5.75. The predicted molar refractivity (Wildman–Crippen MR) is 243 cm³/mol. The smallest absolute Gasteiger partial charge is 0.329 e. The number of esters is 1. The molecule has 6 amide bonds. The highest BCUT2D eigenvalue weighted by Gasteiger charge is 2.41. The van der Waals surface area contributed by atoms with E-state index in [-0.39, 0.29) is 62.2 Å². The molecule has 1 saturated carbocycles. The van der Waals surface area contributed by atoms with Crippen LogP contribution in [0.3, 0.4) is 0 Å². The van der Waals surface area contributed by atoms with Gasteiger partial charge < -0.3 is 35.4 Å². The molecule has 2 unspecified atom stereocenters. The van der Waals surface area contributed by atoms with Gasteiger partial charge in [0, 0.05) is 34.0 Å². The van der Waals surface area contributed by atoms with E-state index in [0.29, 0.717) is 6.42 Å². The summed E-state index contributed by atoms with van der Waals surface area (Å²) >= 11 is 0. The van der Waals surface area contributed by atoms with Gasteiger partial charge in [0.15, 0.2) is 6.10 Å². The number of ether oxygens (including phenoxy) is 1. The van der Waals surface area contributed by atoms with Crippen molar-refractivity contribution in [1.29, 1.82) is 5.26 Å². The molecule has 0 aromatic carbocycles. The molecule has 3 N–H and O–H groups in total. The summed E-state index contributed by atoms with van der Waals surface area (Å²) in [5.41, 5.74) is -0.446. The van der Waals surface area contributed by atoms with Crippen LogP contribution < -0.4 is 16.0 Å². The third-order valence-electron chi connectivity index (χ3n) is 12.6. The van der Waals surface area contributed by atoms with Crippen molar-refractivity contribution in [3.05, 3.63) is 0 Å². The summed E-state index contributed by atoms with van der Waals surface area (Å²) in [5.74, 6) is -4.25. The van der Waals surface area contributed by atoms with Gasteiger partial charge in [0.2, 0.25) is 29.5 Å². The van der Waals surface area contributed by atoms with Crippen LogP contribution in [0, 0.1) is 40.4 Å². The number of hydrogen-bond donors (Lipinski definition) is 3. The van der Waals surface area contributed by atoms with Gasteiger partial charge in [0.05, 0.1) is 6.07 Å². The van der Waals surface area contributed by atoms with Crippen LogP contribution in [-0.4, -0.2) is 120 Å². The summed E-state index contributed by atoms with van der Waals surface area (Å²) in [4.78, 5) is 105. The monoisotopic (exact) mass is 886 g/mol. The second kappa shape index (κ2) is 25.9. The number of cyclic esters (lactones) is 1. The molecule has 8 atom stereocenters. The summed E-state index contributed by atoms with van der Waals surface area (Å²) in [6.45, 7) is 19.1. The molecule has 1 aliphatic heterocycles. The Morgan fingerprint density at radius 2 is 1.22 bits per heavy atom. The molecule has 2 rings (SSSR count). The van der Waals surface area contributed by atoms with Gasteiger partial charge in [-0.25, -0.2) is 4.79 Å². The normalized spacial score (nSPS) is 26.8. The average Bonchev–Trinajstić information content (AvgIpc) is 3.21. The van der Waals surface area contributed by atoms with E-state index in [0.717, 1.165) is 51.4 Å². The van der Waals surface area contributed by atoms with E-state index in [9.17, 15) is 38.8 Å². The number of unbranched alkanes of at least 4 members (excludes halogenated alkanes) is 1. The molecule has 358 valence electrons. The number of carbonyl (C=O) groups is 7. The number of nitrogens with zero attached hydrogens (tertiary/aromatic N) is 4. The average molecular weight is 886 g/mol. The molecule has 0 aromatic heterocycles. The number of nitriles is 1. The van der Waals surface area contributed by atoms with Crippen LogP contribution in [0.25, 0.3) is 0 Å². The molecule has 63 heavy (non-hydrogen) atoms. The molecule has 1 aliphatic carbocycles. The van der Waals surface area contributed by atoms with Gasteiger partial charge in [0.1, 0.15) is 36.3 Å². The Kier molecular flexibility index (Phi) is 22.6. The number of nitrogens with one attached hydrogen (secondary N) is 3. The molecule has 15 nitrogen and oxygen atoms in total. The fourth-order valence-corrected chi connectivity index (χ4v) is 8.74. The lowest BCUT2D eigenvalue weighted by atomic mass is 9.83. The van der Waals surface area contributed by atoms with Gasteiger partial charge in [-0.3, -0.25) is 28.8 Å². The summed E-state index contributed by atoms with van der Waals surface area (Å²) in [5, 5.41) is 18.3. The minimum atomic E-state index is -1.47. The van der Waals surface area contributed by atoms with E-state index in [2.05, 4.69) is 22.9 Å². The zero-order chi connectivity index (χ0) is 47.8. The molecule has 15 heteroatoms. The van der Waals surface area contributed by atoms with Crippen molar-refractivity contribution in [2.75, 3.05) is 21.1 Å². The van der Waals surface area contributed by atoms with E-state index >= 15 is 0 Å². The van der Waals surface area contributed by atoms with Crippen LogP contribution in [0.4, 0.5) is 0 Å². The molecule has 0 aromatic rings. The van der Waals surface area contributed by atoms with Gasteiger partial charge in [-0.1, -0.05) is 114 Å². The Labute approximate surface area is 378 Å². The number of likely N-dealkylation sites (N-methyl/N-ethyl adjacent to an activating group) is 3. The van der Waals surface area contributed by atoms with Crippen molar-refractivity contribution in [3.8, 4) is 6.07 Å². The Hall–Kier alpha value is -4.22. The first-order chi connectivity index (χ1) is 29.4. The minimum Gasteiger partial charge on any atom is -0.451 e. The van der Waals surface area contributed by atoms with Crippen molar-refractivity contribution in [2.45, 2.75) is 208 Å². The van der Waals surface area contributed by atoms with Crippen LogP contribution in [0.1, 0.15) is 166 Å². The standard InChI is InChI=1S/C48H83N7O8/c1-14-15-20-32(6)27-36-44(59)53(11)33(7)47(62)63-40(23-19-24-49)43(58)51-35(25-30(2)3)45(60)54(12)38(26-31(4)5)41(56)52-37(29-48(8,9)10)46(61)55(13)39(42(57)50-36)28-34-21-17-16-18-22-34/h30-40H,14-23,25-29H2,1-13H3,(H,50,57)(H,51,58)(H,52,56)/t32-,33+,35?,36?,37+,38+,39+,40-/m1/s1. The molecule has 0 bridgehead atoms. The fourth-order valence-electron chi connectivity index (χ4n) is 8.74. The highest BCUT2D eigenvalue weighted by atomic mass is 16.5. The van der Waals surface area contributed by atoms with Gasteiger partial charge in [0.25, 0.3) is 5.91 Å². The van der Waals surface area contributed by atoms with Crippen molar-refractivity contribution < 1.29 is 38.3 Å². The fraction of sp³-hybridized carbons (Fsp3) is 0.833.